The smallest absolute Gasteiger partial charge is 0.455 e. The number of amides is 2. The summed E-state index contributed by atoms with van der Waals surface area (Å²) < 4.78 is 26.0. The average molecular weight is 547 g/mol. The highest BCUT2D eigenvalue weighted by Gasteiger charge is 2.57. The summed E-state index contributed by atoms with van der Waals surface area (Å²) >= 11 is 0. The van der Waals surface area contributed by atoms with Gasteiger partial charge in [0.15, 0.2) is 11.6 Å². The van der Waals surface area contributed by atoms with Gasteiger partial charge in [-0.25, -0.2) is 4.39 Å². The summed E-state index contributed by atoms with van der Waals surface area (Å²) in [6.07, 6.45) is 3.91. The number of phenols is 1. The number of para-hydroxylation sites is 1. The highest BCUT2D eigenvalue weighted by atomic mass is 19.1. The summed E-state index contributed by atoms with van der Waals surface area (Å²) in [4.78, 5) is 28.2. The molecule has 3 aliphatic rings. The molecule has 2 N–H and O–H groups in total. The van der Waals surface area contributed by atoms with E-state index in [4.69, 9.17) is 9.39 Å². The van der Waals surface area contributed by atoms with Crippen molar-refractivity contribution in [3.05, 3.63) is 76.6 Å². The van der Waals surface area contributed by atoms with Crippen molar-refractivity contribution in [2.75, 3.05) is 13.2 Å². The van der Waals surface area contributed by atoms with Crippen LogP contribution in [0.4, 0.5) is 4.39 Å². The van der Waals surface area contributed by atoms with E-state index in [1.165, 1.54) is 17.0 Å². The Bertz CT molecular complexity index is 1330. The summed E-state index contributed by atoms with van der Waals surface area (Å²) in [5.41, 5.74) is 3.53. The van der Waals surface area contributed by atoms with Crippen LogP contribution >= 0.6 is 0 Å². The summed E-state index contributed by atoms with van der Waals surface area (Å²) in [6.45, 7) is 4.55. The SMILES string of the molecule is CCCN1C(=O)[C@@H]2[C@@H](CC(COc3ccccc3)=C3[C@@H](CC/C(C)=C/c4ccc(O)c(F)c4)OB(O)C[C@@H]32)C1=O. The Kier molecular flexibility index (Phi) is 8.42. The second kappa shape index (κ2) is 12.0. The van der Waals surface area contributed by atoms with Crippen LogP contribution in [0.3, 0.4) is 0 Å². The molecule has 4 atom stereocenters. The van der Waals surface area contributed by atoms with Crippen LogP contribution in [0.25, 0.3) is 6.08 Å². The van der Waals surface area contributed by atoms with Gasteiger partial charge in [-0.3, -0.25) is 14.5 Å². The predicted octanol–water partition coefficient (Wildman–Crippen LogP) is 5.00. The van der Waals surface area contributed by atoms with Crippen molar-refractivity contribution in [1.29, 1.82) is 0 Å². The summed E-state index contributed by atoms with van der Waals surface area (Å²) in [6, 6.07) is 13.7. The zero-order valence-corrected chi connectivity index (χ0v) is 22.9. The van der Waals surface area contributed by atoms with Gasteiger partial charge in [0.1, 0.15) is 12.4 Å². The van der Waals surface area contributed by atoms with E-state index in [0.717, 1.165) is 16.7 Å². The third-order valence-electron chi connectivity index (χ3n) is 8.19. The van der Waals surface area contributed by atoms with E-state index in [1.807, 2.05) is 50.3 Å². The third kappa shape index (κ3) is 5.72. The van der Waals surface area contributed by atoms with E-state index in [1.54, 1.807) is 6.07 Å². The molecule has 0 spiro atoms. The van der Waals surface area contributed by atoms with Crippen molar-refractivity contribution in [3.63, 3.8) is 0 Å². The lowest BCUT2D eigenvalue weighted by atomic mass is 9.58. The average Bonchev–Trinajstić information content (AvgIpc) is 3.17. The Labute approximate surface area is 234 Å². The van der Waals surface area contributed by atoms with Gasteiger partial charge < -0.3 is 19.5 Å². The van der Waals surface area contributed by atoms with E-state index in [0.29, 0.717) is 43.5 Å². The molecule has 2 saturated heterocycles. The molecule has 2 amide bonds. The zero-order chi connectivity index (χ0) is 28.4. The van der Waals surface area contributed by atoms with E-state index in [9.17, 15) is 24.1 Å². The molecule has 0 aromatic heterocycles. The van der Waals surface area contributed by atoms with Crippen LogP contribution in [0.1, 0.15) is 45.1 Å². The van der Waals surface area contributed by atoms with Crippen molar-refractivity contribution in [3.8, 4) is 11.5 Å². The molecule has 0 bridgehead atoms. The highest BCUT2D eigenvalue weighted by Crippen LogP contribution is 2.50. The number of carbonyl (C=O) groups is 2. The monoisotopic (exact) mass is 547 g/mol. The molecule has 1 aliphatic carbocycles. The lowest BCUT2D eigenvalue weighted by Gasteiger charge is -2.43. The number of nitrogens with zero attached hydrogens (tertiary/aromatic N) is 1. The summed E-state index contributed by atoms with van der Waals surface area (Å²) in [7, 11) is -1.05. The maximum Gasteiger partial charge on any atom is 0.455 e. The van der Waals surface area contributed by atoms with Gasteiger partial charge in [-0.15, -0.1) is 0 Å². The Morgan fingerprint density at radius 1 is 1.18 bits per heavy atom. The summed E-state index contributed by atoms with van der Waals surface area (Å²) in [5, 5.41) is 20.2. The number of fused-ring (bicyclic) bond motifs is 3. The number of aromatic hydroxyl groups is 1. The minimum absolute atomic E-state index is 0.134. The van der Waals surface area contributed by atoms with Gasteiger partial charge in [0.2, 0.25) is 11.8 Å². The van der Waals surface area contributed by atoms with Crippen LogP contribution in [0.2, 0.25) is 6.32 Å². The highest BCUT2D eigenvalue weighted by molar-refractivity contribution is 6.43. The first kappa shape index (κ1) is 28.1. The fourth-order valence-corrected chi connectivity index (χ4v) is 6.42. The topological polar surface area (TPSA) is 96.3 Å². The van der Waals surface area contributed by atoms with Crippen LogP contribution in [0.15, 0.2) is 65.3 Å². The number of benzene rings is 2. The van der Waals surface area contributed by atoms with E-state index in [2.05, 4.69) is 0 Å². The first-order valence-electron chi connectivity index (χ1n) is 14.0. The zero-order valence-electron chi connectivity index (χ0n) is 22.9. The molecule has 0 saturated carbocycles. The summed E-state index contributed by atoms with van der Waals surface area (Å²) in [5.74, 6) is -1.92. The van der Waals surface area contributed by atoms with E-state index >= 15 is 0 Å². The lowest BCUT2D eigenvalue weighted by Crippen LogP contribution is -2.46. The second-order valence-electron chi connectivity index (χ2n) is 11.0. The molecule has 40 heavy (non-hydrogen) atoms. The Morgan fingerprint density at radius 3 is 2.67 bits per heavy atom. The van der Waals surface area contributed by atoms with Crippen molar-refractivity contribution in [2.45, 2.75) is 52.0 Å². The van der Waals surface area contributed by atoms with Crippen molar-refractivity contribution >= 4 is 25.0 Å². The molecule has 0 radical (unpaired) electrons. The second-order valence-corrected chi connectivity index (χ2v) is 11.0. The number of carbonyl (C=O) groups excluding carboxylic acids is 2. The minimum Gasteiger partial charge on any atom is -0.505 e. The molecule has 2 aromatic carbocycles. The quantitative estimate of drug-likeness (QED) is 0.261. The number of phenolic OH excluding ortho intramolecular Hbond substituents is 1. The number of rotatable bonds is 9. The molecule has 0 unspecified atom stereocenters. The number of hydrogen-bond acceptors (Lipinski definition) is 6. The van der Waals surface area contributed by atoms with Gasteiger partial charge >= 0.3 is 7.12 Å². The molecule has 2 fully saturated rings. The van der Waals surface area contributed by atoms with E-state index < -0.39 is 36.6 Å². The Morgan fingerprint density at radius 2 is 1.95 bits per heavy atom. The molecule has 7 nitrogen and oxygen atoms in total. The first-order valence-corrected chi connectivity index (χ1v) is 14.0. The van der Waals surface area contributed by atoms with Crippen LogP contribution in [0.5, 0.6) is 11.5 Å². The maximum atomic E-state index is 13.8. The number of likely N-dealkylation sites (tertiary alicyclic amines) is 1. The molecular weight excluding hydrogens is 512 g/mol. The molecule has 2 aliphatic heterocycles. The molecule has 9 heteroatoms. The molecular formula is C31H35BFNO6. The van der Waals surface area contributed by atoms with Gasteiger partial charge in [0.05, 0.1) is 17.9 Å². The van der Waals surface area contributed by atoms with Gasteiger partial charge in [0.25, 0.3) is 0 Å². The molecule has 2 aromatic rings. The minimum atomic E-state index is -1.05. The fourth-order valence-electron chi connectivity index (χ4n) is 6.42. The Balaban J connectivity index is 1.43. The standard InChI is InChI=1S/C31H35BFNO6/c1-3-13-34-30(36)23-16-21(18-39-22-7-5-4-6-8-22)28-24(29(23)31(34)37)17-32(38)40-27(28)12-9-19(2)14-20-10-11-26(35)25(33)15-20/h4-8,10-11,14-15,23-24,27,29,35,38H,3,9,12-13,16-18H2,1-2H3/b19-14+/t23-,24+,27-,29-/m1/s1. The van der Waals surface area contributed by atoms with E-state index in [-0.39, 0.29) is 30.7 Å². The first-order chi connectivity index (χ1) is 19.3. The largest absolute Gasteiger partial charge is 0.505 e. The molecule has 5 rings (SSSR count). The fraction of sp³-hybridized carbons (Fsp3) is 0.419. The van der Waals surface area contributed by atoms with Crippen molar-refractivity contribution < 1.29 is 33.5 Å². The van der Waals surface area contributed by atoms with Crippen LogP contribution in [-0.4, -0.2) is 53.2 Å². The van der Waals surface area contributed by atoms with Crippen LogP contribution in [-0.2, 0) is 14.2 Å². The predicted molar refractivity (Wildman–Crippen MR) is 150 cm³/mol. The van der Waals surface area contributed by atoms with Crippen molar-refractivity contribution in [2.24, 2.45) is 17.8 Å². The number of allylic oxidation sites excluding steroid dienone is 1. The van der Waals surface area contributed by atoms with Gasteiger partial charge in [-0.2, -0.15) is 0 Å². The van der Waals surface area contributed by atoms with Crippen LogP contribution < -0.4 is 4.74 Å². The third-order valence-corrected chi connectivity index (χ3v) is 8.19. The van der Waals surface area contributed by atoms with Crippen LogP contribution in [0, 0.1) is 23.6 Å². The molecule has 210 valence electrons. The van der Waals surface area contributed by atoms with Gasteiger partial charge in [0, 0.05) is 6.54 Å². The Hall–Kier alpha value is -3.43. The number of ether oxygens (including phenoxy) is 1. The maximum absolute atomic E-state index is 13.8. The van der Waals surface area contributed by atoms with Crippen molar-refractivity contribution in [1.82, 2.24) is 4.90 Å². The number of halogens is 1. The number of hydrogen-bond donors (Lipinski definition) is 2. The number of imide groups is 1. The van der Waals surface area contributed by atoms with Gasteiger partial charge in [-0.1, -0.05) is 42.8 Å². The normalized spacial score (nSPS) is 24.9. The lowest BCUT2D eigenvalue weighted by molar-refractivity contribution is -0.140. The van der Waals surface area contributed by atoms with Gasteiger partial charge in [-0.05, 0) is 85.8 Å². The molecule has 2 heterocycles.